The van der Waals surface area contributed by atoms with Crippen molar-refractivity contribution in [2.75, 3.05) is 13.2 Å². The van der Waals surface area contributed by atoms with Crippen molar-refractivity contribution in [3.63, 3.8) is 0 Å². The smallest absolute Gasteiger partial charge is 0.417 e. The minimum atomic E-state index is -4.46. The molecule has 0 bridgehead atoms. The molecule has 0 radical (unpaired) electrons. The van der Waals surface area contributed by atoms with Gasteiger partial charge < -0.3 is 19.9 Å². The van der Waals surface area contributed by atoms with E-state index in [1.54, 1.807) is 0 Å². The zero-order valence-electron chi connectivity index (χ0n) is 12.4. The molecule has 2 heterocycles. The summed E-state index contributed by atoms with van der Waals surface area (Å²) in [6.07, 6.45) is -5.03. The van der Waals surface area contributed by atoms with Gasteiger partial charge in [0.05, 0.1) is 12.1 Å². The molecule has 0 unspecified atom stereocenters. The molecule has 1 fully saturated rings. The Labute approximate surface area is 134 Å². The van der Waals surface area contributed by atoms with Crippen LogP contribution in [0.5, 0.6) is 5.88 Å². The van der Waals surface area contributed by atoms with Crippen LogP contribution in [-0.2, 0) is 20.5 Å². The van der Waals surface area contributed by atoms with Gasteiger partial charge in [0.2, 0.25) is 11.8 Å². The minimum absolute atomic E-state index is 0.000284. The van der Waals surface area contributed by atoms with Crippen molar-refractivity contribution >= 4 is 11.9 Å². The Bertz CT molecular complexity index is 591. The highest BCUT2D eigenvalue weighted by Crippen LogP contribution is 2.29. The quantitative estimate of drug-likeness (QED) is 0.751. The monoisotopic (exact) mass is 348 g/mol. The first-order valence-electron chi connectivity index (χ1n) is 7.09. The van der Waals surface area contributed by atoms with Crippen molar-refractivity contribution in [3.8, 4) is 5.88 Å². The van der Waals surface area contributed by atoms with Crippen molar-refractivity contribution in [2.24, 2.45) is 0 Å². The Morgan fingerprint density at radius 2 is 2.04 bits per heavy atom. The molecular weight excluding hydrogens is 333 g/mol. The summed E-state index contributed by atoms with van der Waals surface area (Å²) in [6.45, 7) is 0.0817. The molecule has 0 aromatic carbocycles. The molecule has 0 aliphatic carbocycles. The Morgan fingerprint density at radius 1 is 1.33 bits per heavy atom. The lowest BCUT2D eigenvalue weighted by atomic mass is 10.2. The van der Waals surface area contributed by atoms with Crippen molar-refractivity contribution in [1.82, 2.24) is 10.3 Å². The zero-order valence-corrected chi connectivity index (χ0v) is 12.4. The maximum atomic E-state index is 12.4. The standard InChI is InChI=1S/C14H15F3N2O5/c15-14(16,17)8-1-4-11(19-7-8)23-6-5-18-12(20)9-2-3-10(24-9)13(21)22/h1,4,7,9-10H,2-3,5-6H2,(H,18,20)(H,21,22)/t9-,10+/m0/s1. The summed E-state index contributed by atoms with van der Waals surface area (Å²) < 4.78 is 47.3. The molecule has 1 saturated heterocycles. The van der Waals surface area contributed by atoms with Gasteiger partial charge in [-0.15, -0.1) is 0 Å². The van der Waals surface area contributed by atoms with E-state index >= 15 is 0 Å². The fourth-order valence-corrected chi connectivity index (χ4v) is 2.09. The zero-order chi connectivity index (χ0) is 17.7. The van der Waals surface area contributed by atoms with Gasteiger partial charge in [0.15, 0.2) is 6.10 Å². The van der Waals surface area contributed by atoms with Crippen molar-refractivity contribution in [2.45, 2.75) is 31.2 Å². The number of amides is 1. The first kappa shape index (κ1) is 18.0. The number of nitrogens with one attached hydrogen (secondary N) is 1. The largest absolute Gasteiger partial charge is 0.479 e. The fraction of sp³-hybridized carbons (Fsp3) is 0.500. The van der Waals surface area contributed by atoms with Gasteiger partial charge in [0.25, 0.3) is 0 Å². The molecule has 1 amide bonds. The van der Waals surface area contributed by atoms with E-state index in [0.29, 0.717) is 12.6 Å². The van der Waals surface area contributed by atoms with Crippen LogP contribution in [0.25, 0.3) is 0 Å². The Balaban J connectivity index is 1.69. The van der Waals surface area contributed by atoms with Crippen LogP contribution in [0.15, 0.2) is 18.3 Å². The maximum Gasteiger partial charge on any atom is 0.417 e. The summed E-state index contributed by atoms with van der Waals surface area (Å²) in [6, 6.07) is 1.93. The average Bonchev–Trinajstić information content (AvgIpc) is 3.01. The number of ether oxygens (including phenoxy) is 2. The van der Waals surface area contributed by atoms with Gasteiger partial charge in [-0.05, 0) is 18.9 Å². The number of alkyl halides is 3. The topological polar surface area (TPSA) is 97.8 Å². The van der Waals surface area contributed by atoms with E-state index in [1.807, 2.05) is 0 Å². The predicted molar refractivity (Wildman–Crippen MR) is 73.3 cm³/mol. The molecule has 1 aliphatic rings. The first-order valence-corrected chi connectivity index (χ1v) is 7.09. The number of aromatic nitrogens is 1. The van der Waals surface area contributed by atoms with E-state index in [-0.39, 0.29) is 25.5 Å². The second kappa shape index (κ2) is 7.47. The summed E-state index contributed by atoms with van der Waals surface area (Å²) in [7, 11) is 0. The molecular formula is C14H15F3N2O5. The van der Waals surface area contributed by atoms with Crippen LogP contribution < -0.4 is 10.1 Å². The van der Waals surface area contributed by atoms with Gasteiger partial charge in [-0.1, -0.05) is 0 Å². The van der Waals surface area contributed by atoms with E-state index in [1.165, 1.54) is 0 Å². The molecule has 2 atom stereocenters. The van der Waals surface area contributed by atoms with Crippen molar-refractivity contribution in [1.29, 1.82) is 0 Å². The van der Waals surface area contributed by atoms with Crippen LogP contribution in [0.3, 0.4) is 0 Å². The molecule has 132 valence electrons. The molecule has 7 nitrogen and oxygen atoms in total. The number of aliphatic carboxylic acids is 1. The van der Waals surface area contributed by atoms with Crippen LogP contribution in [-0.4, -0.2) is 47.3 Å². The molecule has 2 rings (SSSR count). The number of hydrogen-bond donors (Lipinski definition) is 2. The van der Waals surface area contributed by atoms with E-state index in [9.17, 15) is 22.8 Å². The van der Waals surface area contributed by atoms with Crippen LogP contribution in [0.2, 0.25) is 0 Å². The molecule has 0 spiro atoms. The SMILES string of the molecule is O=C(NCCOc1ccc(C(F)(F)F)cn1)[C@@H]1CC[C@H](C(=O)O)O1. The lowest BCUT2D eigenvalue weighted by molar-refractivity contribution is -0.151. The summed E-state index contributed by atoms with van der Waals surface area (Å²) in [4.78, 5) is 26.0. The summed E-state index contributed by atoms with van der Waals surface area (Å²) in [5.74, 6) is -1.56. The number of carbonyl (C=O) groups is 2. The Hall–Kier alpha value is -2.36. The lowest BCUT2D eigenvalue weighted by Crippen LogP contribution is -2.37. The van der Waals surface area contributed by atoms with E-state index in [0.717, 1.165) is 12.1 Å². The molecule has 1 aromatic rings. The van der Waals surface area contributed by atoms with Gasteiger partial charge in [-0.3, -0.25) is 4.79 Å². The van der Waals surface area contributed by atoms with Gasteiger partial charge in [-0.25, -0.2) is 9.78 Å². The van der Waals surface area contributed by atoms with Crippen molar-refractivity contribution in [3.05, 3.63) is 23.9 Å². The van der Waals surface area contributed by atoms with E-state index < -0.39 is 35.8 Å². The molecule has 0 saturated carbocycles. The third-order valence-corrected chi connectivity index (χ3v) is 3.30. The molecule has 24 heavy (non-hydrogen) atoms. The number of carbonyl (C=O) groups excluding carboxylic acids is 1. The van der Waals surface area contributed by atoms with Crippen molar-refractivity contribution < 1.29 is 37.3 Å². The Kier molecular flexibility index (Phi) is 5.60. The normalized spacial score (nSPS) is 20.6. The molecule has 10 heteroatoms. The highest BCUT2D eigenvalue weighted by molar-refractivity contribution is 5.82. The first-order chi connectivity index (χ1) is 11.3. The Morgan fingerprint density at radius 3 is 2.58 bits per heavy atom. The molecule has 1 aromatic heterocycles. The van der Waals surface area contributed by atoms with Gasteiger partial charge >= 0.3 is 12.1 Å². The van der Waals surface area contributed by atoms with Crippen LogP contribution >= 0.6 is 0 Å². The van der Waals surface area contributed by atoms with Crippen LogP contribution in [0.4, 0.5) is 13.2 Å². The average molecular weight is 348 g/mol. The number of carboxylic acids is 1. The molecule has 1 aliphatic heterocycles. The minimum Gasteiger partial charge on any atom is -0.479 e. The van der Waals surface area contributed by atoms with Gasteiger partial charge in [-0.2, -0.15) is 13.2 Å². The van der Waals surface area contributed by atoms with E-state index in [4.69, 9.17) is 14.6 Å². The van der Waals surface area contributed by atoms with E-state index in [2.05, 4.69) is 10.3 Å². The maximum absolute atomic E-state index is 12.4. The number of halogens is 3. The number of rotatable bonds is 6. The van der Waals surface area contributed by atoms with Crippen LogP contribution in [0, 0.1) is 0 Å². The number of hydrogen-bond acceptors (Lipinski definition) is 5. The molecule has 2 N–H and O–H groups in total. The van der Waals surface area contributed by atoms with Gasteiger partial charge in [0, 0.05) is 12.3 Å². The number of nitrogens with zero attached hydrogens (tertiary/aromatic N) is 1. The summed E-state index contributed by atoms with van der Waals surface area (Å²) in [5.41, 5.74) is -0.880. The van der Waals surface area contributed by atoms with Crippen LogP contribution in [0.1, 0.15) is 18.4 Å². The third-order valence-electron chi connectivity index (χ3n) is 3.30. The third kappa shape index (κ3) is 4.82. The second-order valence-corrected chi connectivity index (χ2v) is 5.05. The number of carboxylic acid groups (broad SMARTS) is 1. The fourth-order valence-electron chi connectivity index (χ4n) is 2.09. The predicted octanol–water partition coefficient (Wildman–Crippen LogP) is 1.23. The van der Waals surface area contributed by atoms with Gasteiger partial charge in [0.1, 0.15) is 12.7 Å². The highest BCUT2D eigenvalue weighted by Gasteiger charge is 2.34. The lowest BCUT2D eigenvalue weighted by Gasteiger charge is -2.12. The summed E-state index contributed by atoms with van der Waals surface area (Å²) in [5, 5.41) is 11.3. The highest BCUT2D eigenvalue weighted by atomic mass is 19.4. The summed E-state index contributed by atoms with van der Waals surface area (Å²) >= 11 is 0. The number of pyridine rings is 1. The second-order valence-electron chi connectivity index (χ2n) is 5.05.